The fourth-order valence-electron chi connectivity index (χ4n) is 3.95. The number of rotatable bonds is 6. The van der Waals surface area contributed by atoms with Gasteiger partial charge in [0, 0.05) is 48.1 Å². The molecule has 9 heteroatoms. The summed E-state index contributed by atoms with van der Waals surface area (Å²) < 4.78 is 11.3. The summed E-state index contributed by atoms with van der Waals surface area (Å²) in [7, 11) is 3.12. The molecule has 3 aromatic carbocycles. The topological polar surface area (TPSA) is 71.1 Å². The zero-order valence-electron chi connectivity index (χ0n) is 19.4. The highest BCUT2D eigenvalue weighted by molar-refractivity contribution is 9.10. The van der Waals surface area contributed by atoms with Gasteiger partial charge in [0.05, 0.1) is 24.3 Å². The van der Waals surface area contributed by atoms with Crippen molar-refractivity contribution in [3.8, 4) is 11.5 Å². The lowest BCUT2D eigenvalue weighted by molar-refractivity contribution is 0.0743. The Morgan fingerprint density at radius 1 is 0.886 bits per heavy atom. The van der Waals surface area contributed by atoms with Crippen LogP contribution in [-0.2, 0) is 0 Å². The fourth-order valence-corrected chi connectivity index (χ4v) is 4.66. The number of nitrogens with zero attached hydrogens (tertiary/aromatic N) is 2. The summed E-state index contributed by atoms with van der Waals surface area (Å²) in [6.07, 6.45) is 0. The smallest absolute Gasteiger partial charge is 0.257 e. The average molecular weight is 559 g/mol. The van der Waals surface area contributed by atoms with Gasteiger partial charge in [-0.25, -0.2) is 0 Å². The van der Waals surface area contributed by atoms with Crippen LogP contribution in [0, 0.1) is 0 Å². The normalized spacial score (nSPS) is 13.4. The first-order valence-corrected chi connectivity index (χ1v) is 12.2. The quantitative estimate of drug-likeness (QED) is 0.443. The molecule has 1 N–H and O–H groups in total. The molecule has 1 fully saturated rings. The Bertz CT molecular complexity index is 1230. The van der Waals surface area contributed by atoms with Crippen LogP contribution in [0.5, 0.6) is 11.5 Å². The van der Waals surface area contributed by atoms with Crippen molar-refractivity contribution >= 4 is 50.7 Å². The second-order valence-corrected chi connectivity index (χ2v) is 9.26. The molecule has 1 heterocycles. The van der Waals surface area contributed by atoms with E-state index in [4.69, 9.17) is 21.1 Å². The van der Waals surface area contributed by atoms with Gasteiger partial charge in [-0.15, -0.1) is 0 Å². The predicted octanol–water partition coefficient (Wildman–Crippen LogP) is 5.33. The number of amides is 2. The lowest BCUT2D eigenvalue weighted by atomic mass is 10.1. The van der Waals surface area contributed by atoms with Crippen LogP contribution in [0.15, 0.2) is 65.1 Å². The maximum Gasteiger partial charge on any atom is 0.257 e. The van der Waals surface area contributed by atoms with Gasteiger partial charge >= 0.3 is 0 Å². The molecule has 4 rings (SSSR count). The Balaban J connectivity index is 1.35. The molecule has 182 valence electrons. The Morgan fingerprint density at radius 2 is 1.54 bits per heavy atom. The number of benzene rings is 3. The molecule has 7 nitrogen and oxygen atoms in total. The summed E-state index contributed by atoms with van der Waals surface area (Å²) in [5.41, 5.74) is 2.73. The molecule has 0 unspecified atom stereocenters. The fraction of sp³-hybridized carbons (Fsp3) is 0.231. The molecular formula is C26H25BrClN3O4. The molecule has 0 aliphatic carbocycles. The van der Waals surface area contributed by atoms with Crippen molar-refractivity contribution in [2.45, 2.75) is 0 Å². The molecule has 0 spiro atoms. The summed E-state index contributed by atoms with van der Waals surface area (Å²) in [4.78, 5) is 29.6. The largest absolute Gasteiger partial charge is 0.496 e. The minimum Gasteiger partial charge on any atom is -0.496 e. The summed E-state index contributed by atoms with van der Waals surface area (Å²) >= 11 is 9.49. The minimum atomic E-state index is -0.204. The first-order valence-electron chi connectivity index (χ1n) is 11.0. The molecule has 0 aromatic heterocycles. The van der Waals surface area contributed by atoms with Crippen LogP contribution in [0.2, 0.25) is 5.02 Å². The number of carbonyl (C=O) groups is 2. The van der Waals surface area contributed by atoms with Gasteiger partial charge in [-0.3, -0.25) is 9.59 Å². The van der Waals surface area contributed by atoms with Crippen LogP contribution in [0.25, 0.3) is 0 Å². The van der Waals surface area contributed by atoms with E-state index in [9.17, 15) is 9.59 Å². The molecule has 1 aliphatic heterocycles. The summed E-state index contributed by atoms with van der Waals surface area (Å²) in [6, 6.07) is 17.9. The van der Waals surface area contributed by atoms with Crippen molar-refractivity contribution in [3.63, 3.8) is 0 Å². The number of methoxy groups -OCH3 is 2. The van der Waals surface area contributed by atoms with Gasteiger partial charge in [-0.2, -0.15) is 0 Å². The third-order valence-electron chi connectivity index (χ3n) is 5.86. The van der Waals surface area contributed by atoms with Crippen molar-refractivity contribution in [1.82, 2.24) is 4.90 Å². The standard InChI is InChI=1S/C26H25BrClN3O4/c1-34-23-10-4-18(28)16-21(23)26(33)31-13-11-30(12-14-31)20-7-5-19(6-8-20)29-25(32)17-3-9-24(35-2)22(27)15-17/h3-10,15-16H,11-14H2,1-2H3,(H,29,32). The second-order valence-electron chi connectivity index (χ2n) is 7.97. The third-order valence-corrected chi connectivity index (χ3v) is 6.72. The minimum absolute atomic E-state index is 0.0905. The van der Waals surface area contributed by atoms with E-state index >= 15 is 0 Å². The van der Waals surface area contributed by atoms with E-state index in [1.54, 1.807) is 50.6 Å². The van der Waals surface area contributed by atoms with Gasteiger partial charge in [-0.05, 0) is 76.6 Å². The van der Waals surface area contributed by atoms with Gasteiger partial charge < -0.3 is 24.6 Å². The van der Waals surface area contributed by atoms with Crippen molar-refractivity contribution in [2.24, 2.45) is 0 Å². The van der Waals surface area contributed by atoms with Crippen molar-refractivity contribution < 1.29 is 19.1 Å². The molecular weight excluding hydrogens is 534 g/mol. The molecule has 0 radical (unpaired) electrons. The number of piperazine rings is 1. The van der Waals surface area contributed by atoms with Gasteiger partial charge in [0.1, 0.15) is 11.5 Å². The maximum atomic E-state index is 13.0. The number of nitrogens with one attached hydrogen (secondary N) is 1. The van der Waals surface area contributed by atoms with E-state index in [1.165, 1.54) is 0 Å². The third kappa shape index (κ3) is 5.71. The van der Waals surface area contributed by atoms with Gasteiger partial charge in [0.25, 0.3) is 11.8 Å². The number of anilines is 2. The highest BCUT2D eigenvalue weighted by Gasteiger charge is 2.25. The zero-order valence-corrected chi connectivity index (χ0v) is 21.7. The Kier molecular flexibility index (Phi) is 7.83. The van der Waals surface area contributed by atoms with E-state index in [-0.39, 0.29) is 11.8 Å². The lowest BCUT2D eigenvalue weighted by Gasteiger charge is -2.36. The number of ether oxygens (including phenoxy) is 2. The number of hydrogen-bond acceptors (Lipinski definition) is 5. The maximum absolute atomic E-state index is 13.0. The van der Waals surface area contributed by atoms with Crippen LogP contribution >= 0.6 is 27.5 Å². The molecule has 0 saturated carbocycles. The Labute approximate surface area is 217 Å². The SMILES string of the molecule is COc1ccc(C(=O)Nc2ccc(N3CCN(C(=O)c4cc(Cl)ccc4OC)CC3)cc2)cc1Br. The average Bonchev–Trinajstić information content (AvgIpc) is 2.88. The highest BCUT2D eigenvalue weighted by Crippen LogP contribution is 2.27. The van der Waals surface area contributed by atoms with E-state index in [2.05, 4.69) is 26.1 Å². The van der Waals surface area contributed by atoms with Gasteiger partial charge in [0.2, 0.25) is 0 Å². The Hall–Kier alpha value is -3.23. The summed E-state index contributed by atoms with van der Waals surface area (Å²) in [5.74, 6) is 0.887. The second kappa shape index (κ2) is 11.0. The first kappa shape index (κ1) is 24.9. The predicted molar refractivity (Wildman–Crippen MR) is 141 cm³/mol. The summed E-state index contributed by atoms with van der Waals surface area (Å²) in [5, 5.41) is 3.41. The first-order chi connectivity index (χ1) is 16.9. The molecule has 3 aromatic rings. The molecule has 35 heavy (non-hydrogen) atoms. The van der Waals surface area contributed by atoms with Crippen LogP contribution in [0.3, 0.4) is 0 Å². The molecule has 1 saturated heterocycles. The van der Waals surface area contributed by atoms with Crippen molar-refractivity contribution in [2.75, 3.05) is 50.6 Å². The van der Waals surface area contributed by atoms with Gasteiger partial charge in [-0.1, -0.05) is 11.6 Å². The van der Waals surface area contributed by atoms with Crippen molar-refractivity contribution in [1.29, 1.82) is 0 Å². The Morgan fingerprint density at radius 3 is 2.17 bits per heavy atom. The highest BCUT2D eigenvalue weighted by atomic mass is 79.9. The number of hydrogen-bond donors (Lipinski definition) is 1. The molecule has 0 bridgehead atoms. The van der Waals surface area contributed by atoms with Crippen LogP contribution < -0.4 is 19.7 Å². The summed E-state index contributed by atoms with van der Waals surface area (Å²) in [6.45, 7) is 2.55. The molecule has 2 amide bonds. The van der Waals surface area contributed by atoms with E-state index in [0.29, 0.717) is 59.5 Å². The number of carbonyl (C=O) groups excluding carboxylic acids is 2. The molecule has 0 atom stereocenters. The van der Waals surface area contributed by atoms with Crippen LogP contribution in [-0.4, -0.2) is 57.1 Å². The van der Waals surface area contributed by atoms with Gasteiger partial charge in [0.15, 0.2) is 0 Å². The van der Waals surface area contributed by atoms with Crippen LogP contribution in [0.1, 0.15) is 20.7 Å². The molecule has 1 aliphatic rings. The monoisotopic (exact) mass is 557 g/mol. The number of halogens is 2. The lowest BCUT2D eigenvalue weighted by Crippen LogP contribution is -2.48. The van der Waals surface area contributed by atoms with Crippen molar-refractivity contribution in [3.05, 3.63) is 81.3 Å². The van der Waals surface area contributed by atoms with E-state index in [0.717, 1.165) is 10.2 Å². The zero-order chi connectivity index (χ0) is 24.9. The van der Waals surface area contributed by atoms with Crippen LogP contribution in [0.4, 0.5) is 11.4 Å². The van der Waals surface area contributed by atoms with E-state index in [1.807, 2.05) is 29.2 Å². The van der Waals surface area contributed by atoms with E-state index < -0.39 is 0 Å².